The quantitative estimate of drug-likeness (QED) is 0.126. The monoisotopic (exact) mass is 710 g/mol. The average Bonchev–Trinajstić information content (AvgIpc) is 3.56. The summed E-state index contributed by atoms with van der Waals surface area (Å²) < 4.78 is 34.7. The van der Waals surface area contributed by atoms with E-state index < -0.39 is 17.2 Å². The molecule has 9 nitrogen and oxygen atoms in total. The van der Waals surface area contributed by atoms with Gasteiger partial charge in [-0.2, -0.15) is 0 Å². The molecule has 1 saturated heterocycles. The van der Waals surface area contributed by atoms with E-state index in [1.807, 2.05) is 18.3 Å². The summed E-state index contributed by atoms with van der Waals surface area (Å²) in [6.45, 7) is 6.16. The SMILES string of the molecule is CCOc1ccn(-c2ccc(Cl)cc2)c(=O)c1C(=O)Cc1ccc(Oc2ccnc3cc(-c4ccc(CN5CCOCC5)cn4)sc23)c(F)c1. The van der Waals surface area contributed by atoms with Gasteiger partial charge in [-0.1, -0.05) is 23.7 Å². The summed E-state index contributed by atoms with van der Waals surface area (Å²) in [5.41, 5.74) is 2.93. The summed E-state index contributed by atoms with van der Waals surface area (Å²) in [5, 5.41) is 0.519. The number of morpholine rings is 1. The van der Waals surface area contributed by atoms with E-state index in [1.54, 1.807) is 61.8 Å². The normalized spacial score (nSPS) is 13.4. The number of carbonyl (C=O) groups is 1. The lowest BCUT2D eigenvalue weighted by atomic mass is 10.0. The van der Waals surface area contributed by atoms with Gasteiger partial charge in [0.1, 0.15) is 17.1 Å². The first-order valence-electron chi connectivity index (χ1n) is 16.1. The van der Waals surface area contributed by atoms with Crippen LogP contribution in [0.15, 0.2) is 96.2 Å². The standard InChI is InChI=1S/C38H32ClFN4O5S/c1-2-48-33-12-14-44(27-7-5-26(39)6-8-27)38(46)36(33)31(45)20-24-4-10-32(28(40)19-24)49-34-11-13-41-30-21-35(50-37(30)34)29-9-3-25(22-42-29)23-43-15-17-47-18-16-43/h3-14,19,21-22H,2,15-18,20,23H2,1H3. The van der Waals surface area contributed by atoms with Crippen molar-refractivity contribution in [3.63, 3.8) is 0 Å². The van der Waals surface area contributed by atoms with Crippen LogP contribution in [0.4, 0.5) is 4.39 Å². The van der Waals surface area contributed by atoms with E-state index >= 15 is 4.39 Å². The van der Waals surface area contributed by atoms with Crippen molar-refractivity contribution in [2.45, 2.75) is 19.9 Å². The molecule has 1 aliphatic heterocycles. The maximum Gasteiger partial charge on any atom is 0.269 e. The van der Waals surface area contributed by atoms with Crippen LogP contribution in [0.25, 0.3) is 26.5 Å². The third kappa shape index (κ3) is 7.31. The first kappa shape index (κ1) is 33.6. The maximum atomic E-state index is 15.5. The van der Waals surface area contributed by atoms with Crippen molar-refractivity contribution in [1.82, 2.24) is 19.4 Å². The summed E-state index contributed by atoms with van der Waals surface area (Å²) in [6.07, 6.45) is 4.84. The molecule has 0 amide bonds. The zero-order valence-corrected chi connectivity index (χ0v) is 28.7. The number of Topliss-reactive ketones (excluding diaryl/α,β-unsaturated/α-hetero) is 1. The molecule has 0 atom stereocenters. The van der Waals surface area contributed by atoms with Crippen LogP contribution in [-0.2, 0) is 17.7 Å². The maximum absolute atomic E-state index is 15.5. The number of thiophene rings is 1. The van der Waals surface area contributed by atoms with Crippen LogP contribution >= 0.6 is 22.9 Å². The molecule has 0 N–H and O–H groups in total. The van der Waals surface area contributed by atoms with E-state index in [0.717, 1.165) is 53.7 Å². The number of halogens is 2. The molecule has 0 bridgehead atoms. The van der Waals surface area contributed by atoms with E-state index in [0.29, 0.717) is 27.5 Å². The Hall–Kier alpha value is -4.94. The van der Waals surface area contributed by atoms with Crippen molar-refractivity contribution in [2.24, 2.45) is 0 Å². The van der Waals surface area contributed by atoms with Crippen LogP contribution in [0.1, 0.15) is 28.4 Å². The Morgan fingerprint density at radius 1 is 0.960 bits per heavy atom. The number of rotatable bonds is 11. The molecule has 6 aromatic rings. The van der Waals surface area contributed by atoms with Crippen LogP contribution in [-0.4, -0.2) is 58.1 Å². The van der Waals surface area contributed by atoms with Gasteiger partial charge in [-0.15, -0.1) is 11.3 Å². The molecule has 2 aromatic carbocycles. The van der Waals surface area contributed by atoms with Gasteiger partial charge in [0.05, 0.1) is 40.6 Å². The predicted octanol–water partition coefficient (Wildman–Crippen LogP) is 7.75. The molecule has 4 aromatic heterocycles. The molecule has 7 rings (SSSR count). The number of aromatic nitrogens is 3. The molecule has 0 unspecified atom stereocenters. The molecule has 0 radical (unpaired) electrons. The number of carbonyl (C=O) groups excluding carboxylic acids is 1. The molecule has 254 valence electrons. The minimum Gasteiger partial charge on any atom is -0.493 e. The highest BCUT2D eigenvalue weighted by Gasteiger charge is 2.22. The fourth-order valence-electron chi connectivity index (χ4n) is 5.79. The van der Waals surface area contributed by atoms with Crippen molar-refractivity contribution in [3.05, 3.63) is 129 Å². The molecule has 50 heavy (non-hydrogen) atoms. The van der Waals surface area contributed by atoms with E-state index in [2.05, 4.69) is 16.0 Å². The number of ether oxygens (including phenoxy) is 3. The summed E-state index contributed by atoms with van der Waals surface area (Å²) in [4.78, 5) is 39.5. The highest BCUT2D eigenvalue weighted by atomic mass is 35.5. The number of fused-ring (bicyclic) bond motifs is 1. The number of benzene rings is 2. The summed E-state index contributed by atoms with van der Waals surface area (Å²) in [7, 11) is 0. The summed E-state index contributed by atoms with van der Waals surface area (Å²) in [6, 6.07) is 20.3. The van der Waals surface area contributed by atoms with Crippen LogP contribution in [0.3, 0.4) is 0 Å². The van der Waals surface area contributed by atoms with Gasteiger partial charge in [-0.3, -0.25) is 29.0 Å². The highest BCUT2D eigenvalue weighted by Crippen LogP contribution is 2.39. The van der Waals surface area contributed by atoms with Crippen molar-refractivity contribution < 1.29 is 23.4 Å². The molecule has 0 saturated carbocycles. The third-order valence-electron chi connectivity index (χ3n) is 8.28. The van der Waals surface area contributed by atoms with Gasteiger partial charge in [0.15, 0.2) is 17.3 Å². The molecule has 1 fully saturated rings. The first-order chi connectivity index (χ1) is 24.4. The number of nitrogens with zero attached hydrogens (tertiary/aromatic N) is 4. The lowest BCUT2D eigenvalue weighted by Crippen LogP contribution is -2.35. The van der Waals surface area contributed by atoms with Crippen LogP contribution in [0.2, 0.25) is 5.02 Å². The lowest BCUT2D eigenvalue weighted by Gasteiger charge is -2.26. The van der Waals surface area contributed by atoms with Crippen molar-refractivity contribution in [1.29, 1.82) is 0 Å². The molecule has 5 heterocycles. The Morgan fingerprint density at radius 2 is 1.76 bits per heavy atom. The Morgan fingerprint density at radius 3 is 2.50 bits per heavy atom. The zero-order chi connectivity index (χ0) is 34.6. The van der Waals surface area contributed by atoms with Gasteiger partial charge in [0, 0.05) is 61.4 Å². The number of hydrogen-bond donors (Lipinski definition) is 0. The summed E-state index contributed by atoms with van der Waals surface area (Å²) in [5.74, 6) is -0.532. The largest absolute Gasteiger partial charge is 0.493 e. The number of pyridine rings is 3. The molecule has 0 spiro atoms. The highest BCUT2D eigenvalue weighted by molar-refractivity contribution is 7.22. The Kier molecular flexibility index (Phi) is 9.99. The molecular formula is C38H32ClFN4O5S. The first-order valence-corrected chi connectivity index (χ1v) is 17.3. The van der Waals surface area contributed by atoms with Gasteiger partial charge in [0.2, 0.25) is 0 Å². The van der Waals surface area contributed by atoms with Crippen LogP contribution < -0.4 is 15.0 Å². The minimum absolute atomic E-state index is 0.00551. The van der Waals surface area contributed by atoms with Gasteiger partial charge >= 0.3 is 0 Å². The van der Waals surface area contributed by atoms with Gasteiger partial charge in [-0.05, 0) is 72.6 Å². The molecular weight excluding hydrogens is 679 g/mol. The fraction of sp³-hybridized carbons (Fsp3) is 0.211. The Labute approximate surface area is 296 Å². The van der Waals surface area contributed by atoms with Gasteiger partial charge in [-0.25, -0.2) is 4.39 Å². The van der Waals surface area contributed by atoms with Crippen LogP contribution in [0.5, 0.6) is 17.2 Å². The van der Waals surface area contributed by atoms with E-state index in [-0.39, 0.29) is 30.1 Å². The second kappa shape index (κ2) is 14.9. The Balaban J connectivity index is 1.08. The fourth-order valence-corrected chi connectivity index (χ4v) is 6.96. The second-order valence-electron chi connectivity index (χ2n) is 11.7. The van der Waals surface area contributed by atoms with E-state index in [9.17, 15) is 9.59 Å². The molecule has 1 aliphatic rings. The van der Waals surface area contributed by atoms with Crippen molar-refractivity contribution in [3.8, 4) is 33.5 Å². The topological polar surface area (TPSA) is 95.8 Å². The second-order valence-corrected chi connectivity index (χ2v) is 13.2. The van der Waals surface area contributed by atoms with Crippen molar-refractivity contribution in [2.75, 3.05) is 32.9 Å². The summed E-state index contributed by atoms with van der Waals surface area (Å²) >= 11 is 7.48. The number of hydrogen-bond acceptors (Lipinski definition) is 9. The Bertz CT molecular complexity index is 2220. The van der Waals surface area contributed by atoms with Crippen molar-refractivity contribution >= 4 is 38.9 Å². The van der Waals surface area contributed by atoms with E-state index in [1.165, 1.54) is 28.0 Å². The smallest absolute Gasteiger partial charge is 0.269 e. The minimum atomic E-state index is -0.647. The predicted molar refractivity (Wildman–Crippen MR) is 192 cm³/mol. The lowest BCUT2D eigenvalue weighted by molar-refractivity contribution is 0.0341. The molecule has 12 heteroatoms. The van der Waals surface area contributed by atoms with E-state index in [4.69, 9.17) is 30.8 Å². The van der Waals surface area contributed by atoms with Gasteiger partial charge < -0.3 is 14.2 Å². The number of ketones is 1. The van der Waals surface area contributed by atoms with Gasteiger partial charge in [0.25, 0.3) is 5.56 Å². The average molecular weight is 711 g/mol. The molecule has 0 aliphatic carbocycles. The van der Waals surface area contributed by atoms with Crippen LogP contribution in [0, 0.1) is 5.82 Å². The third-order valence-corrected chi connectivity index (χ3v) is 9.69. The zero-order valence-electron chi connectivity index (χ0n) is 27.1.